The number of hydrogen-bond donors (Lipinski definition) is 0. The highest BCUT2D eigenvalue weighted by molar-refractivity contribution is 4.92. The summed E-state index contributed by atoms with van der Waals surface area (Å²) in [5, 5.41) is 3.83. The minimum atomic E-state index is 0.162. The first kappa shape index (κ1) is 11.5. The highest BCUT2D eigenvalue weighted by atomic mass is 16.5. The molecule has 0 aliphatic carbocycles. The van der Waals surface area contributed by atoms with Crippen LogP contribution < -0.4 is 0 Å². The third kappa shape index (κ3) is 2.41. The smallest absolute Gasteiger partial charge is 0.243 e. The number of nitrogens with zero attached hydrogens (tertiary/aromatic N) is 3. The van der Waals surface area contributed by atoms with Crippen LogP contribution in [0.15, 0.2) is 4.52 Å². The fraction of sp³-hybridized carbons (Fsp3) is 0.818. The molecule has 1 fully saturated rings. The highest BCUT2D eigenvalue weighted by Gasteiger charge is 2.28. The molecule has 0 spiro atoms. The van der Waals surface area contributed by atoms with Crippen LogP contribution in [0.2, 0.25) is 0 Å². The van der Waals surface area contributed by atoms with E-state index in [1.54, 1.807) is 0 Å². The van der Waals surface area contributed by atoms with Crippen molar-refractivity contribution >= 4 is 0 Å². The summed E-state index contributed by atoms with van der Waals surface area (Å²) in [7, 11) is 0. The maximum atomic E-state index is 5.70. The van der Waals surface area contributed by atoms with Crippen molar-refractivity contribution in [3.63, 3.8) is 0 Å². The zero-order valence-corrected chi connectivity index (χ0v) is 10.3. The molecule has 16 heavy (non-hydrogen) atoms. The summed E-state index contributed by atoms with van der Waals surface area (Å²) < 4.78 is 10.9. The lowest BCUT2D eigenvalue weighted by atomic mass is 10.2. The first-order valence-electron chi connectivity index (χ1n) is 5.76. The largest absolute Gasteiger partial charge is 0.373 e. The van der Waals surface area contributed by atoms with Gasteiger partial charge < -0.3 is 9.26 Å². The van der Waals surface area contributed by atoms with Crippen LogP contribution in [0, 0.1) is 6.92 Å². The van der Waals surface area contributed by atoms with Crippen molar-refractivity contribution in [3.05, 3.63) is 11.7 Å². The van der Waals surface area contributed by atoms with E-state index in [4.69, 9.17) is 9.26 Å². The Bertz CT molecular complexity index is 343. The van der Waals surface area contributed by atoms with E-state index in [9.17, 15) is 0 Å². The maximum absolute atomic E-state index is 5.70. The monoisotopic (exact) mass is 225 g/mol. The number of hydrogen-bond acceptors (Lipinski definition) is 5. The standard InChI is InChI=1S/C11H19N3O2/c1-7-5-14(6-8(2)15-7)9(3)11-12-10(4)13-16-11/h7-9H,5-6H2,1-4H3/t7-,8+,9-/m0/s1. The van der Waals surface area contributed by atoms with Crippen LogP contribution in [-0.4, -0.2) is 40.3 Å². The van der Waals surface area contributed by atoms with Gasteiger partial charge in [-0.05, 0) is 27.7 Å². The summed E-state index contributed by atoms with van der Waals surface area (Å²) in [6, 6.07) is 0.162. The fourth-order valence-corrected chi connectivity index (χ4v) is 2.17. The third-order valence-corrected chi connectivity index (χ3v) is 2.90. The van der Waals surface area contributed by atoms with Crippen molar-refractivity contribution in [2.24, 2.45) is 0 Å². The molecular weight excluding hydrogens is 206 g/mol. The zero-order chi connectivity index (χ0) is 11.7. The molecule has 5 nitrogen and oxygen atoms in total. The first-order chi connectivity index (χ1) is 7.56. The second-order valence-corrected chi connectivity index (χ2v) is 4.57. The van der Waals surface area contributed by atoms with Crippen LogP contribution in [-0.2, 0) is 4.74 Å². The zero-order valence-electron chi connectivity index (χ0n) is 10.3. The number of aryl methyl sites for hydroxylation is 1. The molecule has 2 heterocycles. The van der Waals surface area contributed by atoms with E-state index in [1.807, 2.05) is 6.92 Å². The molecule has 1 aromatic heterocycles. The van der Waals surface area contributed by atoms with E-state index in [1.165, 1.54) is 0 Å². The number of morpholine rings is 1. The van der Waals surface area contributed by atoms with Crippen LogP contribution in [0.1, 0.15) is 38.5 Å². The van der Waals surface area contributed by atoms with Gasteiger partial charge in [-0.1, -0.05) is 5.16 Å². The van der Waals surface area contributed by atoms with Gasteiger partial charge in [0.2, 0.25) is 5.89 Å². The van der Waals surface area contributed by atoms with E-state index < -0.39 is 0 Å². The lowest BCUT2D eigenvalue weighted by molar-refractivity contribution is -0.0818. The van der Waals surface area contributed by atoms with Gasteiger partial charge >= 0.3 is 0 Å². The molecule has 1 saturated heterocycles. The normalized spacial score (nSPS) is 29.2. The van der Waals surface area contributed by atoms with Crippen molar-refractivity contribution in [3.8, 4) is 0 Å². The molecule has 1 aromatic rings. The quantitative estimate of drug-likeness (QED) is 0.764. The molecular formula is C11H19N3O2. The lowest BCUT2D eigenvalue weighted by Crippen LogP contribution is -2.46. The van der Waals surface area contributed by atoms with Crippen molar-refractivity contribution in [1.29, 1.82) is 0 Å². The summed E-state index contributed by atoms with van der Waals surface area (Å²) in [6.07, 6.45) is 0.519. The van der Waals surface area contributed by atoms with Gasteiger partial charge in [-0.2, -0.15) is 4.98 Å². The van der Waals surface area contributed by atoms with Gasteiger partial charge in [0.05, 0.1) is 18.2 Å². The van der Waals surface area contributed by atoms with Crippen LogP contribution >= 0.6 is 0 Å². The Morgan fingerprint density at radius 3 is 2.44 bits per heavy atom. The SMILES string of the molecule is Cc1noc([C@H](C)N2C[C@@H](C)O[C@@H](C)C2)n1. The van der Waals surface area contributed by atoms with Gasteiger partial charge in [-0.25, -0.2) is 0 Å². The molecule has 3 atom stereocenters. The predicted molar refractivity (Wildman–Crippen MR) is 59.0 cm³/mol. The Morgan fingerprint density at radius 2 is 1.94 bits per heavy atom. The Balaban J connectivity index is 2.06. The first-order valence-corrected chi connectivity index (χ1v) is 5.76. The van der Waals surface area contributed by atoms with Gasteiger partial charge in [0, 0.05) is 13.1 Å². The number of ether oxygens (including phenoxy) is 1. The van der Waals surface area contributed by atoms with Crippen LogP contribution in [0.3, 0.4) is 0 Å². The molecule has 2 rings (SSSR count). The number of aromatic nitrogens is 2. The maximum Gasteiger partial charge on any atom is 0.243 e. The fourth-order valence-electron chi connectivity index (χ4n) is 2.17. The molecule has 0 aromatic carbocycles. The van der Waals surface area contributed by atoms with Gasteiger partial charge in [-0.15, -0.1) is 0 Å². The van der Waals surface area contributed by atoms with Gasteiger partial charge in [0.1, 0.15) is 0 Å². The molecule has 0 N–H and O–H groups in total. The van der Waals surface area contributed by atoms with Crippen molar-refractivity contribution in [1.82, 2.24) is 15.0 Å². The summed E-state index contributed by atoms with van der Waals surface area (Å²) in [5.74, 6) is 1.38. The summed E-state index contributed by atoms with van der Waals surface area (Å²) >= 11 is 0. The third-order valence-electron chi connectivity index (χ3n) is 2.90. The van der Waals surface area contributed by atoms with Crippen LogP contribution in [0.4, 0.5) is 0 Å². The second-order valence-electron chi connectivity index (χ2n) is 4.57. The Morgan fingerprint density at radius 1 is 1.31 bits per heavy atom. The summed E-state index contributed by atoms with van der Waals surface area (Å²) in [6.45, 7) is 9.94. The second kappa shape index (κ2) is 4.51. The average molecular weight is 225 g/mol. The topological polar surface area (TPSA) is 51.4 Å². The van der Waals surface area contributed by atoms with Gasteiger partial charge in [-0.3, -0.25) is 4.90 Å². The minimum Gasteiger partial charge on any atom is -0.373 e. The molecule has 90 valence electrons. The lowest BCUT2D eigenvalue weighted by Gasteiger charge is -2.37. The van der Waals surface area contributed by atoms with Crippen LogP contribution in [0.5, 0.6) is 0 Å². The summed E-state index contributed by atoms with van der Waals surface area (Å²) in [5.41, 5.74) is 0. The van der Waals surface area contributed by atoms with E-state index >= 15 is 0 Å². The molecule has 5 heteroatoms. The molecule has 0 saturated carbocycles. The Labute approximate surface area is 95.8 Å². The molecule has 0 amide bonds. The van der Waals surface area contributed by atoms with Crippen LogP contribution in [0.25, 0.3) is 0 Å². The minimum absolute atomic E-state index is 0.162. The Kier molecular flexibility index (Phi) is 3.25. The molecule has 0 bridgehead atoms. The van der Waals surface area contributed by atoms with Crippen molar-refractivity contribution in [2.75, 3.05) is 13.1 Å². The van der Waals surface area contributed by atoms with Crippen molar-refractivity contribution < 1.29 is 9.26 Å². The van der Waals surface area contributed by atoms with Crippen molar-refractivity contribution in [2.45, 2.75) is 45.9 Å². The number of rotatable bonds is 2. The molecule has 1 aliphatic rings. The van der Waals surface area contributed by atoms with Gasteiger partial charge in [0.25, 0.3) is 0 Å². The average Bonchev–Trinajstić information content (AvgIpc) is 2.62. The Hall–Kier alpha value is -0.940. The molecule has 0 unspecified atom stereocenters. The van der Waals surface area contributed by atoms with E-state index in [0.717, 1.165) is 13.1 Å². The summed E-state index contributed by atoms with van der Waals surface area (Å²) in [4.78, 5) is 6.60. The van der Waals surface area contributed by atoms with Gasteiger partial charge in [0.15, 0.2) is 5.82 Å². The molecule has 1 aliphatic heterocycles. The molecule has 0 radical (unpaired) electrons. The van der Waals surface area contributed by atoms with E-state index in [0.29, 0.717) is 11.7 Å². The highest BCUT2D eigenvalue weighted by Crippen LogP contribution is 2.22. The van der Waals surface area contributed by atoms with E-state index in [2.05, 4.69) is 35.8 Å². The predicted octanol–water partition coefficient (Wildman–Crippen LogP) is 1.55. The van der Waals surface area contributed by atoms with E-state index in [-0.39, 0.29) is 18.2 Å².